The summed E-state index contributed by atoms with van der Waals surface area (Å²) < 4.78 is 5.59. The number of furan rings is 1. The molecule has 0 radical (unpaired) electrons. The first kappa shape index (κ1) is 19.0. The largest absolute Gasteiger partial charge is 0.461 e. The molecule has 3 rings (SSSR count). The van der Waals surface area contributed by atoms with E-state index < -0.39 is 5.54 Å². The van der Waals surface area contributed by atoms with E-state index in [1.165, 1.54) is 5.01 Å². The van der Waals surface area contributed by atoms with Crippen LogP contribution in [0.3, 0.4) is 0 Å². The summed E-state index contributed by atoms with van der Waals surface area (Å²) in [5.74, 6) is 0.0249. The molecule has 140 valence electrons. The Bertz CT molecular complexity index is 1000. The van der Waals surface area contributed by atoms with E-state index in [9.17, 15) is 9.59 Å². The van der Waals surface area contributed by atoms with Crippen molar-refractivity contribution in [3.05, 3.63) is 70.4 Å². The van der Waals surface area contributed by atoms with Crippen LogP contribution in [-0.2, 0) is 0 Å². The van der Waals surface area contributed by atoms with E-state index in [4.69, 9.17) is 16.0 Å². The van der Waals surface area contributed by atoms with Gasteiger partial charge in [-0.1, -0.05) is 17.7 Å². The van der Waals surface area contributed by atoms with Crippen molar-refractivity contribution >= 4 is 34.4 Å². The van der Waals surface area contributed by atoms with Gasteiger partial charge in [-0.2, -0.15) is 0 Å². The number of carbonyl (C=O) groups is 2. The summed E-state index contributed by atoms with van der Waals surface area (Å²) in [5, 5.41) is 2.59. The fourth-order valence-electron chi connectivity index (χ4n) is 2.79. The first-order valence-electron chi connectivity index (χ1n) is 8.57. The van der Waals surface area contributed by atoms with Crippen LogP contribution >= 0.6 is 11.6 Å². The van der Waals surface area contributed by atoms with Crippen molar-refractivity contribution in [3.8, 4) is 0 Å². The van der Waals surface area contributed by atoms with Gasteiger partial charge in [0.1, 0.15) is 11.3 Å². The van der Waals surface area contributed by atoms with Gasteiger partial charge < -0.3 is 4.42 Å². The van der Waals surface area contributed by atoms with Gasteiger partial charge in [0.15, 0.2) is 0 Å². The second kappa shape index (κ2) is 7.08. The summed E-state index contributed by atoms with van der Waals surface area (Å²) in [4.78, 5) is 25.9. The van der Waals surface area contributed by atoms with E-state index in [0.29, 0.717) is 27.1 Å². The van der Waals surface area contributed by atoms with Crippen molar-refractivity contribution in [2.45, 2.75) is 33.2 Å². The number of nitrogens with zero attached hydrogens (tertiary/aromatic N) is 1. The number of fused-ring (bicyclic) bond motifs is 1. The number of halogens is 1. The normalized spacial score (nSPS) is 11.4. The van der Waals surface area contributed by atoms with Gasteiger partial charge in [0.2, 0.25) is 0 Å². The zero-order valence-corrected chi connectivity index (χ0v) is 16.4. The van der Waals surface area contributed by atoms with E-state index >= 15 is 0 Å². The third-order valence-electron chi connectivity index (χ3n) is 4.11. The molecule has 2 amide bonds. The summed E-state index contributed by atoms with van der Waals surface area (Å²) in [7, 11) is 0. The Morgan fingerprint density at radius 1 is 1.07 bits per heavy atom. The highest BCUT2D eigenvalue weighted by molar-refractivity contribution is 6.30. The first-order chi connectivity index (χ1) is 12.7. The lowest BCUT2D eigenvalue weighted by Gasteiger charge is -2.35. The highest BCUT2D eigenvalue weighted by Crippen LogP contribution is 2.24. The Balaban J connectivity index is 1.93. The smallest absolute Gasteiger partial charge is 0.272 e. The Morgan fingerprint density at radius 2 is 1.74 bits per heavy atom. The first-order valence-corrected chi connectivity index (χ1v) is 8.95. The summed E-state index contributed by atoms with van der Waals surface area (Å²) in [6.07, 6.45) is 0. The molecule has 1 N–H and O–H groups in total. The molecule has 0 saturated heterocycles. The van der Waals surface area contributed by atoms with E-state index in [1.807, 2.05) is 33.8 Å². The molecule has 0 atom stereocenters. The van der Waals surface area contributed by atoms with Crippen molar-refractivity contribution in [2.24, 2.45) is 0 Å². The average Bonchev–Trinajstić information content (AvgIpc) is 2.98. The van der Waals surface area contributed by atoms with Crippen LogP contribution in [0.4, 0.5) is 0 Å². The molecule has 0 unspecified atom stereocenters. The van der Waals surface area contributed by atoms with Gasteiger partial charge in [-0.25, -0.2) is 5.01 Å². The number of nitrogens with one attached hydrogen (secondary N) is 1. The van der Waals surface area contributed by atoms with Crippen LogP contribution in [0.2, 0.25) is 5.02 Å². The molecule has 0 aliphatic carbocycles. The van der Waals surface area contributed by atoms with Crippen molar-refractivity contribution in [3.63, 3.8) is 0 Å². The number of benzene rings is 2. The van der Waals surface area contributed by atoms with E-state index in [1.54, 1.807) is 42.5 Å². The van der Waals surface area contributed by atoms with Gasteiger partial charge in [-0.3, -0.25) is 15.0 Å². The molecule has 6 heteroatoms. The minimum absolute atomic E-state index is 0.317. The zero-order chi connectivity index (χ0) is 19.8. The topological polar surface area (TPSA) is 62.6 Å². The van der Waals surface area contributed by atoms with E-state index in [0.717, 1.165) is 5.76 Å². The monoisotopic (exact) mass is 384 g/mol. The Labute approximate surface area is 162 Å². The maximum absolute atomic E-state index is 13.0. The standard InChI is InChI=1S/C21H21ClN2O3/c1-13-12-17-16(6-5-7-18(17)27-13)19(25)23-24(21(2,3)4)20(26)14-8-10-15(22)11-9-14/h5-12H,1-4H3,(H,23,25). The molecule has 0 fully saturated rings. The molecule has 0 spiro atoms. The van der Waals surface area contributed by atoms with Gasteiger partial charge in [-0.05, 0) is 70.2 Å². The minimum atomic E-state index is -0.632. The molecule has 1 heterocycles. The van der Waals surface area contributed by atoms with Crippen LogP contribution < -0.4 is 5.43 Å². The van der Waals surface area contributed by atoms with Crippen LogP contribution in [0.5, 0.6) is 0 Å². The predicted molar refractivity (Wildman–Crippen MR) is 106 cm³/mol. The van der Waals surface area contributed by atoms with Gasteiger partial charge in [-0.15, -0.1) is 0 Å². The lowest BCUT2D eigenvalue weighted by molar-refractivity contribution is 0.0359. The van der Waals surface area contributed by atoms with E-state index in [-0.39, 0.29) is 11.8 Å². The van der Waals surface area contributed by atoms with Crippen LogP contribution in [-0.4, -0.2) is 22.4 Å². The van der Waals surface area contributed by atoms with Crippen LogP contribution in [0.25, 0.3) is 11.0 Å². The lowest BCUT2D eigenvalue weighted by Crippen LogP contribution is -2.55. The molecule has 0 aliphatic heterocycles. The average molecular weight is 385 g/mol. The van der Waals surface area contributed by atoms with Crippen molar-refractivity contribution < 1.29 is 14.0 Å². The molecule has 1 aromatic heterocycles. The number of hydrogen-bond acceptors (Lipinski definition) is 3. The number of hydrazine groups is 1. The van der Waals surface area contributed by atoms with Crippen LogP contribution in [0, 0.1) is 6.92 Å². The van der Waals surface area contributed by atoms with Crippen LogP contribution in [0.1, 0.15) is 47.2 Å². The molecule has 0 aliphatic rings. The van der Waals surface area contributed by atoms with Crippen LogP contribution in [0.15, 0.2) is 52.9 Å². The van der Waals surface area contributed by atoms with Gasteiger partial charge in [0.25, 0.3) is 11.8 Å². The molecule has 5 nitrogen and oxygen atoms in total. The Hall–Kier alpha value is -2.79. The molecule has 0 saturated carbocycles. The third kappa shape index (κ3) is 3.98. The number of rotatable bonds is 2. The SMILES string of the molecule is Cc1cc2c(C(=O)NN(C(=O)c3ccc(Cl)cc3)C(C)(C)C)cccc2o1. The molecule has 27 heavy (non-hydrogen) atoms. The van der Waals surface area contributed by atoms with Crippen molar-refractivity contribution in [1.82, 2.24) is 10.4 Å². The Kier molecular flexibility index (Phi) is 4.98. The summed E-state index contributed by atoms with van der Waals surface area (Å²) in [6, 6.07) is 13.6. The fourth-order valence-corrected chi connectivity index (χ4v) is 2.92. The van der Waals surface area contributed by atoms with Crippen molar-refractivity contribution in [2.75, 3.05) is 0 Å². The third-order valence-corrected chi connectivity index (χ3v) is 4.36. The number of hydrogen-bond donors (Lipinski definition) is 1. The lowest BCUT2D eigenvalue weighted by atomic mass is 10.1. The minimum Gasteiger partial charge on any atom is -0.461 e. The Morgan fingerprint density at radius 3 is 2.37 bits per heavy atom. The number of carbonyl (C=O) groups excluding carboxylic acids is 2. The summed E-state index contributed by atoms with van der Waals surface area (Å²) in [5.41, 5.74) is 3.64. The predicted octanol–water partition coefficient (Wildman–Crippen LogP) is 4.98. The maximum Gasteiger partial charge on any atom is 0.272 e. The number of aryl methyl sites for hydroxylation is 1. The highest BCUT2D eigenvalue weighted by atomic mass is 35.5. The van der Waals surface area contributed by atoms with Gasteiger partial charge in [0.05, 0.1) is 11.1 Å². The molecule has 2 aromatic carbocycles. The summed E-state index contributed by atoms with van der Waals surface area (Å²) in [6.45, 7) is 7.38. The molecular weight excluding hydrogens is 364 g/mol. The zero-order valence-electron chi connectivity index (χ0n) is 15.7. The quantitative estimate of drug-likeness (QED) is 0.634. The summed E-state index contributed by atoms with van der Waals surface area (Å²) >= 11 is 5.90. The second-order valence-electron chi connectivity index (χ2n) is 7.33. The van der Waals surface area contributed by atoms with E-state index in [2.05, 4.69) is 5.43 Å². The molecule has 3 aromatic rings. The second-order valence-corrected chi connectivity index (χ2v) is 7.77. The van der Waals surface area contributed by atoms with Gasteiger partial charge >= 0.3 is 0 Å². The maximum atomic E-state index is 13.0. The highest BCUT2D eigenvalue weighted by Gasteiger charge is 2.30. The van der Waals surface area contributed by atoms with Crippen molar-refractivity contribution in [1.29, 1.82) is 0 Å². The molecular formula is C21H21ClN2O3. The number of amides is 2. The fraction of sp³-hybridized carbons (Fsp3) is 0.238. The van der Waals surface area contributed by atoms with Gasteiger partial charge in [0, 0.05) is 16.0 Å². The molecule has 0 bridgehead atoms.